The van der Waals surface area contributed by atoms with Crippen LogP contribution in [-0.4, -0.2) is 22.0 Å². The summed E-state index contributed by atoms with van der Waals surface area (Å²) in [5.74, 6) is 1.17. The van der Waals surface area contributed by atoms with E-state index in [2.05, 4.69) is 62.2 Å². The summed E-state index contributed by atoms with van der Waals surface area (Å²) in [6.07, 6.45) is 4.11. The number of carbonyl (C=O) groups is 1. The van der Waals surface area contributed by atoms with Crippen LogP contribution in [0.4, 0.5) is 0 Å². The van der Waals surface area contributed by atoms with E-state index in [4.69, 9.17) is 4.98 Å². The normalized spacial score (nSPS) is 11.0. The molecule has 0 saturated heterocycles. The highest BCUT2D eigenvalue weighted by Crippen LogP contribution is 2.21. The zero-order valence-electron chi connectivity index (χ0n) is 15.0. The molecule has 0 fully saturated rings. The average molecular weight is 414 g/mol. The van der Waals surface area contributed by atoms with Gasteiger partial charge in [0.05, 0.1) is 11.0 Å². The Labute approximate surface area is 162 Å². The number of halogens is 1. The molecule has 4 nitrogen and oxygen atoms in total. The molecular weight excluding hydrogens is 390 g/mol. The number of para-hydroxylation sites is 2. The number of carbonyl (C=O) groups excluding carboxylic acids is 1. The second kappa shape index (κ2) is 8.99. The van der Waals surface area contributed by atoms with Gasteiger partial charge >= 0.3 is 0 Å². The van der Waals surface area contributed by atoms with Gasteiger partial charge in [0.15, 0.2) is 0 Å². The lowest BCUT2D eigenvalue weighted by molar-refractivity contribution is -0.118. The van der Waals surface area contributed by atoms with Crippen molar-refractivity contribution in [2.24, 2.45) is 0 Å². The number of amides is 1. The fourth-order valence-corrected chi connectivity index (χ4v) is 3.61. The second-order valence-electron chi connectivity index (χ2n) is 6.53. The predicted molar refractivity (Wildman–Crippen MR) is 109 cm³/mol. The van der Waals surface area contributed by atoms with Gasteiger partial charge in [-0.2, -0.15) is 0 Å². The molecule has 136 valence electrons. The maximum Gasteiger partial charge on any atom is 0.216 e. The molecule has 0 aliphatic heterocycles. The number of hydrogen-bond acceptors (Lipinski definition) is 2. The number of rotatable bonds is 8. The fraction of sp³-hybridized carbons (Fsp3) is 0.333. The summed E-state index contributed by atoms with van der Waals surface area (Å²) in [5.41, 5.74) is 3.49. The molecule has 0 atom stereocenters. The van der Waals surface area contributed by atoms with Gasteiger partial charge in [-0.3, -0.25) is 4.79 Å². The van der Waals surface area contributed by atoms with E-state index in [1.807, 2.05) is 12.1 Å². The summed E-state index contributed by atoms with van der Waals surface area (Å²) in [7, 11) is 0. The van der Waals surface area contributed by atoms with Gasteiger partial charge in [0, 0.05) is 30.9 Å². The largest absolute Gasteiger partial charge is 0.356 e. The first-order valence-corrected chi connectivity index (χ1v) is 9.86. The standard InChI is InChI=1S/C21H24BrN3O/c1-16(26)23-13-6-2-3-12-21-24-19-10-4-5-11-20(19)25(21)15-17-8-7-9-18(22)14-17/h4-5,7-11,14H,2-3,6,12-13,15H2,1H3,(H,23,26). The smallest absolute Gasteiger partial charge is 0.216 e. The van der Waals surface area contributed by atoms with Gasteiger partial charge < -0.3 is 9.88 Å². The van der Waals surface area contributed by atoms with Crippen molar-refractivity contribution in [1.29, 1.82) is 0 Å². The van der Waals surface area contributed by atoms with Gasteiger partial charge in [0.25, 0.3) is 0 Å². The summed E-state index contributed by atoms with van der Waals surface area (Å²) in [6, 6.07) is 16.7. The van der Waals surface area contributed by atoms with Gasteiger partial charge in [-0.1, -0.05) is 46.6 Å². The van der Waals surface area contributed by atoms with Crippen LogP contribution < -0.4 is 5.32 Å². The molecule has 0 saturated carbocycles. The van der Waals surface area contributed by atoms with Crippen molar-refractivity contribution in [2.45, 2.75) is 39.2 Å². The highest BCUT2D eigenvalue weighted by atomic mass is 79.9. The Morgan fingerprint density at radius 3 is 2.77 bits per heavy atom. The first-order chi connectivity index (χ1) is 12.6. The molecule has 3 aromatic rings. The van der Waals surface area contributed by atoms with Crippen LogP contribution in [0.5, 0.6) is 0 Å². The van der Waals surface area contributed by atoms with Crippen LogP contribution >= 0.6 is 15.9 Å². The van der Waals surface area contributed by atoms with Crippen LogP contribution in [0, 0.1) is 0 Å². The number of benzene rings is 2. The predicted octanol–water partition coefficient (Wildman–Crippen LogP) is 4.70. The summed E-state index contributed by atoms with van der Waals surface area (Å²) in [4.78, 5) is 15.8. The van der Waals surface area contributed by atoms with Crippen LogP contribution in [0.15, 0.2) is 53.0 Å². The number of unbranched alkanes of at least 4 members (excludes halogenated alkanes) is 2. The minimum atomic E-state index is 0.0424. The Morgan fingerprint density at radius 2 is 1.96 bits per heavy atom. The van der Waals surface area contributed by atoms with E-state index < -0.39 is 0 Å². The Morgan fingerprint density at radius 1 is 1.12 bits per heavy atom. The SMILES string of the molecule is CC(=O)NCCCCCc1nc2ccccc2n1Cc1cccc(Br)c1. The fourth-order valence-electron chi connectivity index (χ4n) is 3.16. The third-order valence-corrected chi connectivity index (χ3v) is 4.91. The van der Waals surface area contributed by atoms with Crippen molar-refractivity contribution in [3.05, 3.63) is 64.4 Å². The second-order valence-corrected chi connectivity index (χ2v) is 7.44. The molecule has 0 aliphatic rings. The maximum absolute atomic E-state index is 10.9. The van der Waals surface area contributed by atoms with Gasteiger partial charge in [-0.25, -0.2) is 4.98 Å². The number of nitrogens with zero attached hydrogens (tertiary/aromatic N) is 2. The monoisotopic (exact) mass is 413 g/mol. The van der Waals surface area contributed by atoms with Crippen LogP contribution in [0.25, 0.3) is 11.0 Å². The minimum absolute atomic E-state index is 0.0424. The van der Waals surface area contributed by atoms with Crippen molar-refractivity contribution in [3.8, 4) is 0 Å². The maximum atomic E-state index is 10.9. The van der Waals surface area contributed by atoms with Crippen LogP contribution in [0.3, 0.4) is 0 Å². The highest BCUT2D eigenvalue weighted by molar-refractivity contribution is 9.10. The summed E-state index contributed by atoms with van der Waals surface area (Å²) in [5, 5.41) is 2.85. The van der Waals surface area contributed by atoms with E-state index >= 15 is 0 Å². The van der Waals surface area contributed by atoms with Crippen LogP contribution in [-0.2, 0) is 17.8 Å². The van der Waals surface area contributed by atoms with E-state index in [1.54, 1.807) is 6.92 Å². The molecule has 1 aromatic heterocycles. The Balaban J connectivity index is 1.71. The molecule has 1 N–H and O–H groups in total. The Kier molecular flexibility index (Phi) is 6.45. The first kappa shape index (κ1) is 18.6. The lowest BCUT2D eigenvalue weighted by atomic mass is 10.1. The number of aromatic nitrogens is 2. The van der Waals surface area contributed by atoms with Crippen molar-refractivity contribution in [1.82, 2.24) is 14.9 Å². The average Bonchev–Trinajstić information content (AvgIpc) is 2.95. The van der Waals surface area contributed by atoms with Crippen molar-refractivity contribution in [3.63, 3.8) is 0 Å². The van der Waals surface area contributed by atoms with E-state index in [1.165, 1.54) is 11.1 Å². The van der Waals surface area contributed by atoms with Crippen molar-refractivity contribution >= 4 is 32.9 Å². The summed E-state index contributed by atoms with van der Waals surface area (Å²) >= 11 is 3.56. The zero-order chi connectivity index (χ0) is 18.4. The van der Waals surface area contributed by atoms with Gasteiger partial charge in [-0.05, 0) is 42.7 Å². The number of imidazole rings is 1. The lowest BCUT2D eigenvalue weighted by Crippen LogP contribution is -2.20. The molecule has 0 aliphatic carbocycles. The third-order valence-electron chi connectivity index (χ3n) is 4.41. The molecular formula is C21H24BrN3O. The molecule has 0 spiro atoms. The van der Waals surface area contributed by atoms with Crippen LogP contribution in [0.1, 0.15) is 37.6 Å². The molecule has 5 heteroatoms. The highest BCUT2D eigenvalue weighted by Gasteiger charge is 2.11. The molecule has 0 bridgehead atoms. The van der Waals surface area contributed by atoms with E-state index in [-0.39, 0.29) is 5.91 Å². The summed E-state index contributed by atoms with van der Waals surface area (Å²) in [6.45, 7) is 3.13. The first-order valence-electron chi connectivity index (χ1n) is 9.06. The van der Waals surface area contributed by atoms with E-state index in [9.17, 15) is 4.79 Å². The van der Waals surface area contributed by atoms with E-state index in [0.29, 0.717) is 0 Å². The summed E-state index contributed by atoms with van der Waals surface area (Å²) < 4.78 is 3.42. The van der Waals surface area contributed by atoms with Crippen LogP contribution in [0.2, 0.25) is 0 Å². The van der Waals surface area contributed by atoms with Gasteiger partial charge in [0.2, 0.25) is 5.91 Å². The van der Waals surface area contributed by atoms with Gasteiger partial charge in [-0.15, -0.1) is 0 Å². The molecule has 1 heterocycles. The molecule has 1 amide bonds. The quantitative estimate of drug-likeness (QED) is 0.544. The number of hydrogen-bond donors (Lipinski definition) is 1. The number of nitrogens with one attached hydrogen (secondary N) is 1. The van der Waals surface area contributed by atoms with Crippen molar-refractivity contribution < 1.29 is 4.79 Å². The molecule has 3 rings (SSSR count). The molecule has 26 heavy (non-hydrogen) atoms. The van der Waals surface area contributed by atoms with Crippen molar-refractivity contribution in [2.75, 3.05) is 6.54 Å². The Hall–Kier alpha value is -2.14. The minimum Gasteiger partial charge on any atom is -0.356 e. The topological polar surface area (TPSA) is 46.9 Å². The number of aryl methyl sites for hydroxylation is 1. The molecule has 0 unspecified atom stereocenters. The van der Waals surface area contributed by atoms with E-state index in [0.717, 1.165) is 54.6 Å². The Bertz CT molecular complexity index is 888. The molecule has 0 radical (unpaired) electrons. The third kappa shape index (κ3) is 4.94. The lowest BCUT2D eigenvalue weighted by Gasteiger charge is -2.10. The molecule has 2 aromatic carbocycles. The van der Waals surface area contributed by atoms with Gasteiger partial charge in [0.1, 0.15) is 5.82 Å². The number of fused-ring (bicyclic) bond motifs is 1. The zero-order valence-corrected chi connectivity index (χ0v) is 16.6.